The lowest BCUT2D eigenvalue weighted by atomic mass is 9.93. The Bertz CT molecular complexity index is 338. The molecule has 1 rings (SSSR count). The van der Waals surface area contributed by atoms with Gasteiger partial charge in [-0.15, -0.1) is 0 Å². The standard InChI is InChI=1S/C8H7Cl2NO3/c9-4-1-8(14,3-6(11)12)2-5(10)7(4)13/h1-2,14H,3H2,(H2,11,12). The third-order valence-corrected chi connectivity index (χ3v) is 2.21. The fourth-order valence-corrected chi connectivity index (χ4v) is 1.74. The summed E-state index contributed by atoms with van der Waals surface area (Å²) in [5, 5.41) is 9.28. The molecule has 0 atom stereocenters. The quantitative estimate of drug-likeness (QED) is 0.729. The van der Waals surface area contributed by atoms with Crippen molar-refractivity contribution in [3.8, 4) is 0 Å². The molecule has 3 N–H and O–H groups in total. The largest absolute Gasteiger partial charge is 0.381 e. The van der Waals surface area contributed by atoms with E-state index in [-0.39, 0.29) is 16.5 Å². The summed E-state index contributed by atoms with van der Waals surface area (Å²) in [5.41, 5.74) is 3.25. The molecule has 4 nitrogen and oxygen atoms in total. The molecule has 0 saturated heterocycles. The molecule has 0 spiro atoms. The molecule has 1 amide bonds. The fourth-order valence-electron chi connectivity index (χ4n) is 1.11. The van der Waals surface area contributed by atoms with Crippen LogP contribution in [-0.4, -0.2) is 22.4 Å². The van der Waals surface area contributed by atoms with E-state index in [1.54, 1.807) is 0 Å². The summed E-state index contributed by atoms with van der Waals surface area (Å²) in [5.74, 6) is -1.30. The molecule has 0 aromatic carbocycles. The van der Waals surface area contributed by atoms with Crippen LogP contribution in [-0.2, 0) is 9.59 Å². The number of hydrogen-bond acceptors (Lipinski definition) is 3. The van der Waals surface area contributed by atoms with Crippen LogP contribution in [0, 0.1) is 0 Å². The smallest absolute Gasteiger partial charge is 0.220 e. The van der Waals surface area contributed by atoms with Crippen molar-refractivity contribution >= 4 is 34.9 Å². The number of Topliss-reactive ketones (excluding diaryl/α,β-unsaturated/α-hetero) is 1. The molecule has 0 radical (unpaired) electrons. The number of amides is 1. The molecule has 14 heavy (non-hydrogen) atoms. The van der Waals surface area contributed by atoms with E-state index in [0.717, 1.165) is 12.2 Å². The Morgan fingerprint density at radius 2 is 1.86 bits per heavy atom. The van der Waals surface area contributed by atoms with Gasteiger partial charge in [-0.25, -0.2) is 0 Å². The van der Waals surface area contributed by atoms with Gasteiger partial charge < -0.3 is 10.8 Å². The van der Waals surface area contributed by atoms with Gasteiger partial charge in [0.1, 0.15) is 5.60 Å². The van der Waals surface area contributed by atoms with Gasteiger partial charge in [0.25, 0.3) is 0 Å². The zero-order valence-corrected chi connectivity index (χ0v) is 8.47. The van der Waals surface area contributed by atoms with Crippen molar-refractivity contribution in [2.24, 2.45) is 5.73 Å². The van der Waals surface area contributed by atoms with Crippen LogP contribution >= 0.6 is 23.2 Å². The number of carbonyl (C=O) groups is 2. The first kappa shape index (κ1) is 11.2. The molecule has 0 unspecified atom stereocenters. The zero-order chi connectivity index (χ0) is 10.9. The molecule has 1 aliphatic rings. The molecule has 1 aliphatic carbocycles. The van der Waals surface area contributed by atoms with Crippen LogP contribution < -0.4 is 5.73 Å². The van der Waals surface area contributed by atoms with Crippen molar-refractivity contribution in [1.82, 2.24) is 0 Å². The second kappa shape index (κ2) is 3.73. The Balaban J connectivity index is 3.02. The van der Waals surface area contributed by atoms with Gasteiger partial charge in [-0.1, -0.05) is 23.2 Å². The summed E-state index contributed by atoms with van der Waals surface area (Å²) in [6.45, 7) is 0. The fraction of sp³-hybridized carbons (Fsp3) is 0.250. The van der Waals surface area contributed by atoms with E-state index in [4.69, 9.17) is 28.9 Å². The lowest BCUT2D eigenvalue weighted by molar-refractivity contribution is -0.121. The molecule has 0 aromatic heterocycles. The minimum Gasteiger partial charge on any atom is -0.381 e. The van der Waals surface area contributed by atoms with Crippen LogP contribution in [0.1, 0.15) is 6.42 Å². The number of allylic oxidation sites excluding steroid dienone is 2. The van der Waals surface area contributed by atoms with E-state index in [2.05, 4.69) is 0 Å². The average Bonchev–Trinajstić information content (AvgIpc) is 1.97. The first-order valence-corrected chi connectivity index (χ1v) is 4.42. The van der Waals surface area contributed by atoms with Crippen molar-refractivity contribution in [3.63, 3.8) is 0 Å². The second-order valence-electron chi connectivity index (χ2n) is 2.95. The van der Waals surface area contributed by atoms with Crippen LogP contribution in [0.3, 0.4) is 0 Å². The van der Waals surface area contributed by atoms with Crippen molar-refractivity contribution in [2.75, 3.05) is 0 Å². The molecule has 0 heterocycles. The third kappa shape index (κ3) is 2.35. The van der Waals surface area contributed by atoms with Crippen molar-refractivity contribution in [1.29, 1.82) is 0 Å². The highest BCUT2D eigenvalue weighted by molar-refractivity contribution is 6.55. The van der Waals surface area contributed by atoms with Crippen molar-refractivity contribution in [2.45, 2.75) is 12.0 Å². The molecule has 6 heteroatoms. The predicted molar refractivity (Wildman–Crippen MR) is 51.6 cm³/mol. The third-order valence-electron chi connectivity index (χ3n) is 1.64. The van der Waals surface area contributed by atoms with Gasteiger partial charge in [-0.2, -0.15) is 0 Å². The molecule has 0 aromatic rings. The Labute approximate surface area is 90.0 Å². The molecule has 0 saturated carbocycles. The number of primary amides is 1. The van der Waals surface area contributed by atoms with Gasteiger partial charge in [0.05, 0.1) is 16.5 Å². The molecule has 76 valence electrons. The average molecular weight is 236 g/mol. The van der Waals surface area contributed by atoms with Gasteiger partial charge in [0, 0.05) is 0 Å². The van der Waals surface area contributed by atoms with E-state index < -0.39 is 17.3 Å². The Kier molecular flexibility index (Phi) is 2.99. The van der Waals surface area contributed by atoms with Gasteiger partial charge in [-0.05, 0) is 12.2 Å². The Morgan fingerprint density at radius 3 is 2.21 bits per heavy atom. The van der Waals surface area contributed by atoms with E-state index in [1.807, 2.05) is 0 Å². The highest BCUT2D eigenvalue weighted by Crippen LogP contribution is 2.29. The molecule has 0 fully saturated rings. The summed E-state index contributed by atoms with van der Waals surface area (Å²) in [6.07, 6.45) is 1.73. The summed E-state index contributed by atoms with van der Waals surface area (Å²) in [6, 6.07) is 0. The maximum absolute atomic E-state index is 11.1. The van der Waals surface area contributed by atoms with Crippen LogP contribution in [0.4, 0.5) is 0 Å². The second-order valence-corrected chi connectivity index (χ2v) is 3.76. The van der Waals surface area contributed by atoms with Crippen LogP contribution in [0.2, 0.25) is 0 Å². The summed E-state index contributed by atoms with van der Waals surface area (Å²) >= 11 is 11.0. The number of halogens is 2. The maximum atomic E-state index is 11.1. The minimum absolute atomic E-state index is 0.221. The first-order chi connectivity index (χ1) is 6.34. The SMILES string of the molecule is NC(=O)CC1(O)C=C(Cl)C(=O)C(Cl)=C1. The van der Waals surface area contributed by atoms with E-state index in [9.17, 15) is 14.7 Å². The molecular weight excluding hydrogens is 229 g/mol. The summed E-state index contributed by atoms with van der Waals surface area (Å²) in [4.78, 5) is 21.7. The van der Waals surface area contributed by atoms with E-state index in [0.29, 0.717) is 0 Å². The van der Waals surface area contributed by atoms with Gasteiger partial charge in [0.2, 0.25) is 11.7 Å². The van der Waals surface area contributed by atoms with Crippen LogP contribution in [0.25, 0.3) is 0 Å². The summed E-state index contributed by atoms with van der Waals surface area (Å²) < 4.78 is 0. The van der Waals surface area contributed by atoms with E-state index in [1.165, 1.54) is 0 Å². The molecular formula is C8H7Cl2NO3. The van der Waals surface area contributed by atoms with E-state index >= 15 is 0 Å². The molecule has 0 aliphatic heterocycles. The van der Waals surface area contributed by atoms with Gasteiger partial charge in [-0.3, -0.25) is 9.59 Å². The number of hydrogen-bond donors (Lipinski definition) is 2. The maximum Gasteiger partial charge on any atom is 0.220 e. The molecule has 0 bridgehead atoms. The zero-order valence-electron chi connectivity index (χ0n) is 6.96. The number of carbonyl (C=O) groups excluding carboxylic acids is 2. The topological polar surface area (TPSA) is 80.4 Å². The minimum atomic E-state index is -1.66. The lowest BCUT2D eigenvalue weighted by Crippen LogP contribution is -2.33. The van der Waals surface area contributed by atoms with Gasteiger partial charge in [0.15, 0.2) is 0 Å². The van der Waals surface area contributed by atoms with Crippen LogP contribution in [0.15, 0.2) is 22.2 Å². The summed E-state index contributed by atoms with van der Waals surface area (Å²) in [7, 11) is 0. The first-order valence-electron chi connectivity index (χ1n) is 3.66. The monoisotopic (exact) mass is 235 g/mol. The number of aliphatic hydroxyl groups is 1. The number of nitrogens with two attached hydrogens (primary N) is 1. The van der Waals surface area contributed by atoms with Gasteiger partial charge >= 0.3 is 0 Å². The van der Waals surface area contributed by atoms with Crippen LogP contribution in [0.5, 0.6) is 0 Å². The highest BCUT2D eigenvalue weighted by Gasteiger charge is 2.32. The number of ketones is 1. The number of rotatable bonds is 2. The highest BCUT2D eigenvalue weighted by atomic mass is 35.5. The Morgan fingerprint density at radius 1 is 1.43 bits per heavy atom. The normalized spacial score (nSPS) is 20.1. The lowest BCUT2D eigenvalue weighted by Gasteiger charge is -2.22. The van der Waals surface area contributed by atoms with Crippen molar-refractivity contribution < 1.29 is 14.7 Å². The predicted octanol–water partition coefficient (Wildman–Crippen LogP) is 0.421. The Hall–Kier alpha value is -0.840. The van der Waals surface area contributed by atoms with Crippen molar-refractivity contribution in [3.05, 3.63) is 22.2 Å².